The van der Waals surface area contributed by atoms with Gasteiger partial charge in [0.05, 0.1) is 0 Å². The lowest BCUT2D eigenvalue weighted by Crippen LogP contribution is -2.30. The molecule has 2 aromatic rings. The van der Waals surface area contributed by atoms with Gasteiger partial charge < -0.3 is 10.6 Å². The zero-order chi connectivity index (χ0) is 19.2. The number of hydrogen-bond donors (Lipinski definition) is 2. The fraction of sp³-hybridized carbons (Fsp3) is 0.222. The quantitative estimate of drug-likeness (QED) is 0.788. The number of alkyl halides is 3. The van der Waals surface area contributed by atoms with Crippen molar-refractivity contribution in [3.63, 3.8) is 0 Å². The monoisotopic (exact) mass is 384 g/mol. The molecule has 0 aliphatic heterocycles. The lowest BCUT2D eigenvalue weighted by Gasteiger charge is -2.10. The highest BCUT2D eigenvalue weighted by molar-refractivity contribution is 6.30. The van der Waals surface area contributed by atoms with E-state index in [-0.39, 0.29) is 24.6 Å². The predicted molar refractivity (Wildman–Crippen MR) is 92.7 cm³/mol. The number of anilines is 1. The minimum absolute atomic E-state index is 0.0120. The molecule has 2 amide bonds. The van der Waals surface area contributed by atoms with Crippen LogP contribution in [0, 0.1) is 0 Å². The van der Waals surface area contributed by atoms with Crippen LogP contribution < -0.4 is 10.6 Å². The van der Waals surface area contributed by atoms with Crippen LogP contribution in [0.3, 0.4) is 0 Å². The van der Waals surface area contributed by atoms with E-state index in [4.69, 9.17) is 11.6 Å². The van der Waals surface area contributed by atoms with Gasteiger partial charge in [-0.2, -0.15) is 13.2 Å². The molecule has 0 heterocycles. The van der Waals surface area contributed by atoms with Crippen molar-refractivity contribution in [2.45, 2.75) is 25.6 Å². The molecule has 138 valence electrons. The maximum absolute atomic E-state index is 12.3. The van der Waals surface area contributed by atoms with E-state index in [2.05, 4.69) is 5.32 Å². The average molecular weight is 385 g/mol. The van der Waals surface area contributed by atoms with Crippen molar-refractivity contribution in [2.75, 3.05) is 5.32 Å². The Balaban J connectivity index is 1.84. The van der Waals surface area contributed by atoms with Gasteiger partial charge in [0, 0.05) is 23.7 Å². The maximum atomic E-state index is 12.3. The van der Waals surface area contributed by atoms with E-state index in [9.17, 15) is 22.8 Å². The predicted octanol–water partition coefficient (Wildman–Crippen LogP) is 4.09. The normalized spacial score (nSPS) is 11.1. The smallest absolute Gasteiger partial charge is 0.352 e. The van der Waals surface area contributed by atoms with Crippen molar-refractivity contribution >= 4 is 29.1 Å². The van der Waals surface area contributed by atoms with Gasteiger partial charge in [-0.3, -0.25) is 9.59 Å². The van der Waals surface area contributed by atoms with Crippen LogP contribution in [-0.2, 0) is 22.6 Å². The third-order valence-electron chi connectivity index (χ3n) is 3.46. The van der Waals surface area contributed by atoms with E-state index in [1.165, 1.54) is 18.2 Å². The summed E-state index contributed by atoms with van der Waals surface area (Å²) in [7, 11) is 0. The van der Waals surface area contributed by atoms with Gasteiger partial charge in [0.25, 0.3) is 0 Å². The van der Waals surface area contributed by atoms with Crippen LogP contribution in [0.5, 0.6) is 0 Å². The van der Waals surface area contributed by atoms with Gasteiger partial charge in [-0.1, -0.05) is 35.9 Å². The van der Waals surface area contributed by atoms with E-state index >= 15 is 0 Å². The van der Waals surface area contributed by atoms with Gasteiger partial charge in [0.1, 0.15) is 0 Å². The number of nitrogens with one attached hydrogen (secondary N) is 2. The number of amides is 2. The fourth-order valence-corrected chi connectivity index (χ4v) is 2.41. The van der Waals surface area contributed by atoms with Crippen molar-refractivity contribution in [2.24, 2.45) is 0 Å². The van der Waals surface area contributed by atoms with Crippen LogP contribution in [0.1, 0.15) is 17.5 Å². The van der Waals surface area contributed by atoms with E-state index in [0.29, 0.717) is 17.0 Å². The van der Waals surface area contributed by atoms with Gasteiger partial charge in [0.15, 0.2) is 0 Å². The zero-order valence-electron chi connectivity index (χ0n) is 13.6. The van der Waals surface area contributed by atoms with Crippen LogP contribution >= 0.6 is 11.6 Å². The SMILES string of the molecule is O=C(CCc1cccc(Cl)c1)NCc1cccc(NC(=O)C(F)(F)F)c1. The molecular formula is C18H16ClF3N2O2. The van der Waals surface area contributed by atoms with Crippen LogP contribution in [-0.4, -0.2) is 18.0 Å². The second-order valence-electron chi connectivity index (χ2n) is 5.56. The Morgan fingerprint density at radius 2 is 1.69 bits per heavy atom. The lowest BCUT2D eigenvalue weighted by molar-refractivity contribution is -0.167. The Morgan fingerprint density at radius 1 is 1.00 bits per heavy atom. The average Bonchev–Trinajstić information content (AvgIpc) is 2.58. The molecule has 2 aromatic carbocycles. The summed E-state index contributed by atoms with van der Waals surface area (Å²) in [6.45, 7) is 0.143. The molecule has 0 spiro atoms. The molecular weight excluding hydrogens is 369 g/mol. The van der Waals surface area contributed by atoms with Gasteiger partial charge in [-0.25, -0.2) is 0 Å². The molecule has 0 aliphatic rings. The summed E-state index contributed by atoms with van der Waals surface area (Å²) in [5.74, 6) is -2.24. The van der Waals surface area contributed by atoms with Crippen LogP contribution in [0.15, 0.2) is 48.5 Å². The molecule has 0 fully saturated rings. The van der Waals surface area contributed by atoms with Crippen molar-refractivity contribution in [1.29, 1.82) is 0 Å². The third-order valence-corrected chi connectivity index (χ3v) is 3.70. The van der Waals surface area contributed by atoms with Crippen molar-refractivity contribution in [3.8, 4) is 0 Å². The molecule has 2 N–H and O–H groups in total. The summed E-state index contributed by atoms with van der Waals surface area (Å²) in [6, 6.07) is 13.1. The summed E-state index contributed by atoms with van der Waals surface area (Å²) in [4.78, 5) is 22.8. The van der Waals surface area contributed by atoms with E-state index in [0.717, 1.165) is 5.56 Å². The lowest BCUT2D eigenvalue weighted by atomic mass is 10.1. The minimum Gasteiger partial charge on any atom is -0.352 e. The molecule has 26 heavy (non-hydrogen) atoms. The first-order chi connectivity index (χ1) is 12.2. The molecule has 0 bridgehead atoms. The topological polar surface area (TPSA) is 58.2 Å². The van der Waals surface area contributed by atoms with E-state index in [1.54, 1.807) is 29.6 Å². The first kappa shape index (κ1) is 19.8. The minimum atomic E-state index is -4.95. The number of hydrogen-bond acceptors (Lipinski definition) is 2. The number of carbonyl (C=O) groups is 2. The Labute approximate surface area is 153 Å². The summed E-state index contributed by atoms with van der Waals surface area (Å²) in [5.41, 5.74) is 1.52. The summed E-state index contributed by atoms with van der Waals surface area (Å²) in [6.07, 6.45) is -4.18. The van der Waals surface area contributed by atoms with Gasteiger partial charge in [-0.15, -0.1) is 0 Å². The van der Waals surface area contributed by atoms with Crippen LogP contribution in [0.4, 0.5) is 18.9 Å². The first-order valence-corrected chi connectivity index (χ1v) is 8.10. The Morgan fingerprint density at radius 3 is 2.38 bits per heavy atom. The van der Waals surface area contributed by atoms with E-state index < -0.39 is 12.1 Å². The molecule has 4 nitrogen and oxygen atoms in total. The number of halogens is 4. The molecule has 0 saturated carbocycles. The highest BCUT2D eigenvalue weighted by Crippen LogP contribution is 2.19. The highest BCUT2D eigenvalue weighted by Gasteiger charge is 2.38. The second-order valence-corrected chi connectivity index (χ2v) is 6.00. The van der Waals surface area contributed by atoms with Crippen molar-refractivity contribution < 1.29 is 22.8 Å². The number of rotatable bonds is 6. The van der Waals surface area contributed by atoms with E-state index in [1.807, 2.05) is 6.07 Å². The highest BCUT2D eigenvalue weighted by atomic mass is 35.5. The molecule has 8 heteroatoms. The van der Waals surface area contributed by atoms with Gasteiger partial charge >= 0.3 is 12.1 Å². The molecule has 0 aliphatic carbocycles. The van der Waals surface area contributed by atoms with Crippen molar-refractivity contribution in [1.82, 2.24) is 5.32 Å². The third kappa shape index (κ3) is 6.40. The largest absolute Gasteiger partial charge is 0.471 e. The number of carbonyl (C=O) groups excluding carboxylic acids is 2. The first-order valence-electron chi connectivity index (χ1n) is 7.72. The van der Waals surface area contributed by atoms with Crippen LogP contribution in [0.2, 0.25) is 5.02 Å². The zero-order valence-corrected chi connectivity index (χ0v) is 14.3. The molecule has 0 saturated heterocycles. The summed E-state index contributed by atoms with van der Waals surface area (Å²) in [5, 5.41) is 5.06. The Bertz CT molecular complexity index is 794. The Hall–Kier alpha value is -2.54. The summed E-state index contributed by atoms with van der Waals surface area (Å²) < 4.78 is 36.8. The number of benzene rings is 2. The maximum Gasteiger partial charge on any atom is 0.471 e. The Kier molecular flexibility index (Phi) is 6.63. The molecule has 0 atom stereocenters. The second kappa shape index (κ2) is 8.71. The molecule has 0 radical (unpaired) electrons. The molecule has 2 rings (SSSR count). The molecule has 0 unspecified atom stereocenters. The fourth-order valence-electron chi connectivity index (χ4n) is 2.20. The molecule has 0 aromatic heterocycles. The van der Waals surface area contributed by atoms with Crippen molar-refractivity contribution in [3.05, 3.63) is 64.7 Å². The van der Waals surface area contributed by atoms with Gasteiger partial charge in [0.2, 0.25) is 5.91 Å². The van der Waals surface area contributed by atoms with Gasteiger partial charge in [-0.05, 0) is 41.8 Å². The van der Waals surface area contributed by atoms with Crippen LogP contribution in [0.25, 0.3) is 0 Å². The standard InChI is InChI=1S/C18H16ClF3N2O2/c19-14-5-1-3-12(9-14)7-8-16(25)23-11-13-4-2-6-15(10-13)24-17(26)18(20,21)22/h1-6,9-10H,7-8,11H2,(H,23,25)(H,24,26). The summed E-state index contributed by atoms with van der Waals surface area (Å²) >= 11 is 5.88. The number of aryl methyl sites for hydroxylation is 1.